The fourth-order valence-electron chi connectivity index (χ4n) is 1.51. The molecule has 0 saturated heterocycles. The van der Waals surface area contributed by atoms with Gasteiger partial charge in [0.05, 0.1) is 7.11 Å². The Hall–Kier alpha value is -2.01. The summed E-state index contributed by atoms with van der Waals surface area (Å²) >= 11 is 0. The molecule has 1 unspecified atom stereocenters. The molecule has 0 aromatic carbocycles. The van der Waals surface area contributed by atoms with Crippen molar-refractivity contribution in [2.45, 2.75) is 6.10 Å². The minimum atomic E-state index is -1.24. The van der Waals surface area contributed by atoms with Crippen LogP contribution in [0.2, 0.25) is 0 Å². The molecule has 0 spiro atoms. The molecule has 0 saturated carbocycles. The number of aliphatic hydroxyl groups is 1. The van der Waals surface area contributed by atoms with E-state index >= 15 is 0 Å². The molecular formula is C12H11FN2O2. The number of methoxy groups -OCH3 is 1. The van der Waals surface area contributed by atoms with Crippen LogP contribution in [0.1, 0.15) is 17.5 Å². The van der Waals surface area contributed by atoms with Gasteiger partial charge < -0.3 is 9.84 Å². The Balaban J connectivity index is 2.44. The largest absolute Gasteiger partial charge is 0.495 e. The Kier molecular flexibility index (Phi) is 3.30. The lowest BCUT2D eigenvalue weighted by molar-refractivity contribution is 0.199. The third-order valence-electron chi connectivity index (χ3n) is 2.32. The Morgan fingerprint density at radius 2 is 1.82 bits per heavy atom. The van der Waals surface area contributed by atoms with Crippen LogP contribution in [0.5, 0.6) is 5.75 Å². The van der Waals surface area contributed by atoms with E-state index in [1.807, 2.05) is 0 Å². The summed E-state index contributed by atoms with van der Waals surface area (Å²) in [6.45, 7) is 0. The minimum absolute atomic E-state index is 0.0653. The topological polar surface area (TPSA) is 55.2 Å². The van der Waals surface area contributed by atoms with E-state index in [-0.39, 0.29) is 11.4 Å². The molecule has 5 heteroatoms. The lowest BCUT2D eigenvalue weighted by Gasteiger charge is -2.13. The molecule has 2 rings (SSSR count). The van der Waals surface area contributed by atoms with Gasteiger partial charge in [0.1, 0.15) is 29.1 Å². The monoisotopic (exact) mass is 234 g/mol. The molecule has 0 bridgehead atoms. The van der Waals surface area contributed by atoms with Crippen molar-refractivity contribution in [2.75, 3.05) is 7.11 Å². The molecule has 1 atom stereocenters. The van der Waals surface area contributed by atoms with Crippen LogP contribution in [0.4, 0.5) is 4.39 Å². The molecule has 0 aliphatic rings. The maximum absolute atomic E-state index is 13.5. The molecule has 4 nitrogen and oxygen atoms in total. The predicted octanol–water partition coefficient (Wildman–Crippen LogP) is 1.71. The summed E-state index contributed by atoms with van der Waals surface area (Å²) in [5.41, 5.74) is 0.178. The predicted molar refractivity (Wildman–Crippen MR) is 59.0 cm³/mol. The fourth-order valence-corrected chi connectivity index (χ4v) is 1.51. The van der Waals surface area contributed by atoms with Crippen molar-refractivity contribution in [3.8, 4) is 5.75 Å². The Morgan fingerprint density at radius 1 is 1.18 bits per heavy atom. The zero-order valence-electron chi connectivity index (χ0n) is 9.17. The normalized spacial score (nSPS) is 12.2. The van der Waals surface area contributed by atoms with Gasteiger partial charge in [0.25, 0.3) is 0 Å². The fraction of sp³-hybridized carbons (Fsp3) is 0.167. The first-order chi connectivity index (χ1) is 8.24. The number of nitrogens with zero attached hydrogens (tertiary/aromatic N) is 2. The van der Waals surface area contributed by atoms with Crippen molar-refractivity contribution >= 4 is 0 Å². The highest BCUT2D eigenvalue weighted by molar-refractivity contribution is 5.33. The van der Waals surface area contributed by atoms with Crippen molar-refractivity contribution in [3.63, 3.8) is 0 Å². The second-order valence-electron chi connectivity index (χ2n) is 3.36. The molecule has 17 heavy (non-hydrogen) atoms. The second kappa shape index (κ2) is 4.88. The maximum atomic E-state index is 13.5. The zero-order valence-corrected chi connectivity index (χ0v) is 9.17. The summed E-state index contributed by atoms with van der Waals surface area (Å²) in [7, 11) is 1.46. The van der Waals surface area contributed by atoms with Crippen LogP contribution >= 0.6 is 0 Å². The first kappa shape index (κ1) is 11.5. The number of hydrogen-bond donors (Lipinski definition) is 1. The van der Waals surface area contributed by atoms with Gasteiger partial charge in [0.15, 0.2) is 0 Å². The summed E-state index contributed by atoms with van der Waals surface area (Å²) in [6.07, 6.45) is 1.67. The van der Waals surface area contributed by atoms with Gasteiger partial charge in [-0.25, -0.2) is 4.39 Å². The average Bonchev–Trinajstić information content (AvgIpc) is 2.38. The van der Waals surface area contributed by atoms with Gasteiger partial charge in [-0.05, 0) is 24.3 Å². The summed E-state index contributed by atoms with van der Waals surface area (Å²) in [5.74, 6) is -0.183. The third-order valence-corrected chi connectivity index (χ3v) is 2.32. The van der Waals surface area contributed by atoms with E-state index in [9.17, 15) is 9.50 Å². The van der Waals surface area contributed by atoms with E-state index in [1.165, 1.54) is 31.6 Å². The van der Waals surface area contributed by atoms with Crippen molar-refractivity contribution in [1.82, 2.24) is 9.97 Å². The Morgan fingerprint density at radius 3 is 2.47 bits per heavy atom. The first-order valence-corrected chi connectivity index (χ1v) is 5.01. The number of aromatic nitrogens is 2. The second-order valence-corrected chi connectivity index (χ2v) is 3.36. The van der Waals surface area contributed by atoms with Crippen LogP contribution in [-0.2, 0) is 0 Å². The highest BCUT2D eigenvalue weighted by atomic mass is 19.1. The standard InChI is InChI=1S/C12H11FN2O2/c1-17-9-5-3-7-15-11(9)12(16)10-8(13)4-2-6-14-10/h2-7,12,16H,1H3. The molecule has 2 heterocycles. The molecule has 1 N–H and O–H groups in total. The molecule has 0 aliphatic heterocycles. The lowest BCUT2D eigenvalue weighted by Crippen LogP contribution is -2.08. The van der Waals surface area contributed by atoms with Crippen molar-refractivity contribution in [1.29, 1.82) is 0 Å². The summed E-state index contributed by atoms with van der Waals surface area (Å²) < 4.78 is 18.5. The van der Waals surface area contributed by atoms with Crippen LogP contribution in [-0.4, -0.2) is 22.2 Å². The molecule has 0 radical (unpaired) electrons. The lowest BCUT2D eigenvalue weighted by atomic mass is 10.1. The Bertz CT molecular complexity index is 519. The van der Waals surface area contributed by atoms with E-state index in [0.717, 1.165) is 0 Å². The quantitative estimate of drug-likeness (QED) is 0.878. The van der Waals surface area contributed by atoms with Crippen molar-refractivity contribution < 1.29 is 14.2 Å². The van der Waals surface area contributed by atoms with Gasteiger partial charge in [-0.1, -0.05) is 0 Å². The number of pyridine rings is 2. The SMILES string of the molecule is COc1cccnc1C(O)c1ncccc1F. The van der Waals surface area contributed by atoms with Crippen LogP contribution in [0, 0.1) is 5.82 Å². The van der Waals surface area contributed by atoms with E-state index in [4.69, 9.17) is 4.74 Å². The first-order valence-electron chi connectivity index (χ1n) is 5.01. The number of hydrogen-bond acceptors (Lipinski definition) is 4. The maximum Gasteiger partial charge on any atom is 0.147 e. The zero-order chi connectivity index (χ0) is 12.3. The smallest absolute Gasteiger partial charge is 0.147 e. The van der Waals surface area contributed by atoms with E-state index in [1.54, 1.807) is 12.1 Å². The minimum Gasteiger partial charge on any atom is -0.495 e. The number of aliphatic hydroxyl groups excluding tert-OH is 1. The van der Waals surface area contributed by atoms with Gasteiger partial charge in [-0.2, -0.15) is 0 Å². The van der Waals surface area contributed by atoms with Gasteiger partial charge >= 0.3 is 0 Å². The highest BCUT2D eigenvalue weighted by Gasteiger charge is 2.20. The third kappa shape index (κ3) is 2.24. The van der Waals surface area contributed by atoms with E-state index < -0.39 is 11.9 Å². The van der Waals surface area contributed by atoms with Crippen LogP contribution in [0.25, 0.3) is 0 Å². The number of halogens is 1. The van der Waals surface area contributed by atoms with E-state index in [0.29, 0.717) is 5.75 Å². The number of ether oxygens (including phenoxy) is 1. The van der Waals surface area contributed by atoms with Crippen molar-refractivity contribution in [3.05, 3.63) is 53.9 Å². The average molecular weight is 234 g/mol. The number of rotatable bonds is 3. The van der Waals surface area contributed by atoms with Crippen LogP contribution in [0.15, 0.2) is 36.7 Å². The summed E-state index contributed by atoms with van der Waals surface area (Å²) in [5, 5.41) is 10.0. The molecule has 0 amide bonds. The van der Waals surface area contributed by atoms with Gasteiger partial charge in [-0.3, -0.25) is 9.97 Å². The molecule has 0 aliphatic carbocycles. The molecule has 0 fully saturated rings. The molecule has 2 aromatic heterocycles. The van der Waals surface area contributed by atoms with Gasteiger partial charge in [0.2, 0.25) is 0 Å². The molecule has 88 valence electrons. The summed E-state index contributed by atoms with van der Waals surface area (Å²) in [6, 6.07) is 6.01. The molecule has 2 aromatic rings. The highest BCUT2D eigenvalue weighted by Crippen LogP contribution is 2.27. The van der Waals surface area contributed by atoms with Crippen molar-refractivity contribution in [2.24, 2.45) is 0 Å². The van der Waals surface area contributed by atoms with E-state index in [2.05, 4.69) is 9.97 Å². The van der Waals surface area contributed by atoms with Gasteiger partial charge in [0, 0.05) is 12.4 Å². The van der Waals surface area contributed by atoms with Crippen LogP contribution in [0.3, 0.4) is 0 Å². The molecular weight excluding hydrogens is 223 g/mol. The summed E-state index contributed by atoms with van der Waals surface area (Å²) in [4.78, 5) is 7.79. The van der Waals surface area contributed by atoms with Crippen LogP contribution < -0.4 is 4.74 Å². The van der Waals surface area contributed by atoms with Gasteiger partial charge in [-0.15, -0.1) is 0 Å². The Labute approximate surface area is 97.7 Å².